The molecule has 0 fully saturated rings. The first-order valence-corrected chi connectivity index (χ1v) is 10.1. The highest BCUT2D eigenvalue weighted by atomic mass is 16.6. The lowest BCUT2D eigenvalue weighted by molar-refractivity contribution is -0.151. The highest BCUT2D eigenvalue weighted by Crippen LogP contribution is 2.35. The average Bonchev–Trinajstić information content (AvgIpc) is 2.80. The van der Waals surface area contributed by atoms with E-state index in [-0.39, 0.29) is 6.61 Å². The molecular formula is C26H22O5. The summed E-state index contributed by atoms with van der Waals surface area (Å²) in [6, 6.07) is 23.9. The van der Waals surface area contributed by atoms with Crippen LogP contribution in [0.15, 0.2) is 88.1 Å². The van der Waals surface area contributed by atoms with E-state index in [1.54, 1.807) is 13.0 Å². The van der Waals surface area contributed by atoms with Crippen molar-refractivity contribution in [3.8, 4) is 16.9 Å². The second-order valence-electron chi connectivity index (χ2n) is 7.07. The van der Waals surface area contributed by atoms with Gasteiger partial charge in [-0.2, -0.15) is 0 Å². The van der Waals surface area contributed by atoms with Crippen molar-refractivity contribution in [2.75, 3.05) is 6.61 Å². The van der Waals surface area contributed by atoms with Crippen LogP contribution >= 0.6 is 0 Å². The molecule has 0 aliphatic rings. The van der Waals surface area contributed by atoms with Gasteiger partial charge in [0.05, 0.1) is 6.61 Å². The van der Waals surface area contributed by atoms with Crippen molar-refractivity contribution in [2.45, 2.75) is 20.0 Å². The predicted molar refractivity (Wildman–Crippen MR) is 119 cm³/mol. The van der Waals surface area contributed by atoms with Gasteiger partial charge in [-0.1, -0.05) is 60.7 Å². The fourth-order valence-electron chi connectivity index (χ4n) is 3.55. The van der Waals surface area contributed by atoms with Crippen molar-refractivity contribution in [1.29, 1.82) is 0 Å². The third-order valence-electron chi connectivity index (χ3n) is 5.04. The van der Waals surface area contributed by atoms with Crippen molar-refractivity contribution in [3.05, 3.63) is 100 Å². The molecule has 0 unspecified atom stereocenters. The average molecular weight is 414 g/mol. The molecule has 31 heavy (non-hydrogen) atoms. The van der Waals surface area contributed by atoms with Gasteiger partial charge in [0.15, 0.2) is 0 Å². The number of hydrogen-bond acceptors (Lipinski definition) is 5. The van der Waals surface area contributed by atoms with Gasteiger partial charge in [0.1, 0.15) is 11.3 Å². The Kier molecular flexibility index (Phi) is 5.85. The van der Waals surface area contributed by atoms with Crippen LogP contribution in [0.2, 0.25) is 0 Å². The topological polar surface area (TPSA) is 65.7 Å². The number of ether oxygens (including phenoxy) is 2. The van der Waals surface area contributed by atoms with Crippen LogP contribution in [0, 0.1) is 6.92 Å². The highest BCUT2D eigenvalue weighted by molar-refractivity contribution is 5.95. The lowest BCUT2D eigenvalue weighted by Gasteiger charge is -2.20. The first kappa shape index (κ1) is 20.4. The number of benzene rings is 3. The number of fused-ring (bicyclic) bond motifs is 1. The van der Waals surface area contributed by atoms with Crippen LogP contribution in [0.5, 0.6) is 5.75 Å². The number of carbonyl (C=O) groups excluding carboxylic acids is 1. The molecule has 1 aromatic heterocycles. The molecule has 0 bridgehead atoms. The van der Waals surface area contributed by atoms with Crippen LogP contribution in [0.25, 0.3) is 22.1 Å². The van der Waals surface area contributed by atoms with E-state index >= 15 is 0 Å². The molecule has 156 valence electrons. The Bertz CT molecular complexity index is 1260. The van der Waals surface area contributed by atoms with Gasteiger partial charge in [-0.15, -0.1) is 0 Å². The lowest BCUT2D eigenvalue weighted by atomic mass is 10.00. The Morgan fingerprint density at radius 2 is 1.65 bits per heavy atom. The second-order valence-corrected chi connectivity index (χ2v) is 7.07. The molecule has 0 saturated heterocycles. The first-order chi connectivity index (χ1) is 15.1. The van der Waals surface area contributed by atoms with E-state index < -0.39 is 17.7 Å². The molecule has 3 aromatic carbocycles. The van der Waals surface area contributed by atoms with Gasteiger partial charge in [0.2, 0.25) is 6.10 Å². The normalized spacial score (nSPS) is 11.8. The third-order valence-corrected chi connectivity index (χ3v) is 5.04. The molecule has 0 N–H and O–H groups in total. The Morgan fingerprint density at radius 3 is 2.32 bits per heavy atom. The van der Waals surface area contributed by atoms with Crippen LogP contribution < -0.4 is 10.4 Å². The summed E-state index contributed by atoms with van der Waals surface area (Å²) in [6.07, 6.45) is -0.929. The molecule has 5 heteroatoms. The second kappa shape index (κ2) is 8.88. The van der Waals surface area contributed by atoms with Gasteiger partial charge < -0.3 is 13.9 Å². The van der Waals surface area contributed by atoms with Crippen molar-refractivity contribution in [3.63, 3.8) is 0 Å². The molecule has 4 aromatic rings. The van der Waals surface area contributed by atoms with Crippen molar-refractivity contribution >= 4 is 16.9 Å². The zero-order valence-electron chi connectivity index (χ0n) is 17.3. The molecule has 0 aliphatic heterocycles. The number of esters is 1. The predicted octanol–water partition coefficient (Wildman–Crippen LogP) is 5.45. The van der Waals surface area contributed by atoms with Gasteiger partial charge >= 0.3 is 11.6 Å². The number of aryl methyl sites for hydroxylation is 1. The van der Waals surface area contributed by atoms with E-state index in [9.17, 15) is 9.59 Å². The van der Waals surface area contributed by atoms with Crippen molar-refractivity contribution < 1.29 is 18.7 Å². The Hall–Kier alpha value is -3.86. The van der Waals surface area contributed by atoms with Gasteiger partial charge in [-0.3, -0.25) is 0 Å². The molecule has 0 spiro atoms. The Balaban J connectivity index is 1.80. The molecule has 1 heterocycles. The van der Waals surface area contributed by atoms with Gasteiger partial charge in [0.25, 0.3) is 0 Å². The van der Waals surface area contributed by atoms with Crippen molar-refractivity contribution in [2.24, 2.45) is 0 Å². The van der Waals surface area contributed by atoms with Gasteiger partial charge in [-0.05, 0) is 37.1 Å². The molecule has 1 atom stereocenters. The zero-order valence-corrected chi connectivity index (χ0v) is 17.3. The van der Waals surface area contributed by atoms with Crippen LogP contribution in [0.4, 0.5) is 0 Å². The van der Waals surface area contributed by atoms with E-state index in [1.807, 2.05) is 73.7 Å². The van der Waals surface area contributed by atoms with Gasteiger partial charge in [0, 0.05) is 22.6 Å². The minimum absolute atomic E-state index is 0.248. The van der Waals surface area contributed by atoms with E-state index in [2.05, 4.69) is 0 Å². The van der Waals surface area contributed by atoms with Gasteiger partial charge in [-0.25, -0.2) is 9.59 Å². The summed E-state index contributed by atoms with van der Waals surface area (Å²) >= 11 is 0. The Labute approximate surface area is 179 Å². The maximum atomic E-state index is 12.6. The standard InChI is InChI=1S/C26H22O5/c1-3-29-26(28)25(19-12-8-5-9-13-19)30-22-15-14-20-21(18-10-6-4-7-11-18)16-23(27)31-24(20)17(22)2/h4-16,25H,3H2,1-2H3/t25-/m1/s1. The van der Waals surface area contributed by atoms with Crippen LogP contribution in [0.3, 0.4) is 0 Å². The number of carbonyl (C=O) groups is 1. The monoisotopic (exact) mass is 414 g/mol. The Morgan fingerprint density at radius 1 is 0.968 bits per heavy atom. The van der Waals surface area contributed by atoms with E-state index in [0.29, 0.717) is 22.5 Å². The summed E-state index contributed by atoms with van der Waals surface area (Å²) in [4.78, 5) is 24.9. The molecule has 0 radical (unpaired) electrons. The molecular weight excluding hydrogens is 392 g/mol. The van der Waals surface area contributed by atoms with E-state index in [0.717, 1.165) is 16.5 Å². The summed E-state index contributed by atoms with van der Waals surface area (Å²) in [6.45, 7) is 3.81. The maximum absolute atomic E-state index is 12.6. The summed E-state index contributed by atoms with van der Waals surface area (Å²) in [5.74, 6) is -0.0320. The quantitative estimate of drug-likeness (QED) is 0.310. The van der Waals surface area contributed by atoms with E-state index in [1.165, 1.54) is 6.07 Å². The molecule has 0 saturated carbocycles. The first-order valence-electron chi connectivity index (χ1n) is 10.1. The molecule has 0 aliphatic carbocycles. The summed E-state index contributed by atoms with van der Waals surface area (Å²) in [5.41, 5.74) is 3.00. The third kappa shape index (κ3) is 4.21. The highest BCUT2D eigenvalue weighted by Gasteiger charge is 2.25. The fourth-order valence-corrected chi connectivity index (χ4v) is 3.55. The minimum Gasteiger partial charge on any atom is -0.474 e. The molecule has 4 rings (SSSR count). The summed E-state index contributed by atoms with van der Waals surface area (Å²) < 4.78 is 16.9. The smallest absolute Gasteiger partial charge is 0.352 e. The number of hydrogen-bond donors (Lipinski definition) is 0. The lowest BCUT2D eigenvalue weighted by Crippen LogP contribution is -2.21. The minimum atomic E-state index is -0.929. The van der Waals surface area contributed by atoms with E-state index in [4.69, 9.17) is 13.9 Å². The fraction of sp³-hybridized carbons (Fsp3) is 0.154. The summed E-state index contributed by atoms with van der Waals surface area (Å²) in [5, 5.41) is 0.794. The number of rotatable bonds is 6. The largest absolute Gasteiger partial charge is 0.474 e. The maximum Gasteiger partial charge on any atom is 0.352 e. The molecule has 0 amide bonds. The molecule has 5 nitrogen and oxygen atoms in total. The van der Waals surface area contributed by atoms with Crippen LogP contribution in [0.1, 0.15) is 24.2 Å². The SMILES string of the molecule is CCOC(=O)[C@H](Oc1ccc2c(-c3ccccc3)cc(=O)oc2c1C)c1ccccc1. The van der Waals surface area contributed by atoms with Crippen LogP contribution in [-0.4, -0.2) is 12.6 Å². The zero-order chi connectivity index (χ0) is 21.8. The summed E-state index contributed by atoms with van der Waals surface area (Å²) in [7, 11) is 0. The van der Waals surface area contributed by atoms with Crippen molar-refractivity contribution in [1.82, 2.24) is 0 Å². The van der Waals surface area contributed by atoms with Crippen LogP contribution in [-0.2, 0) is 9.53 Å².